The summed E-state index contributed by atoms with van der Waals surface area (Å²) in [6, 6.07) is 0. The lowest BCUT2D eigenvalue weighted by molar-refractivity contribution is -0.161. The van der Waals surface area contributed by atoms with E-state index in [0.29, 0.717) is 31.6 Å². The molecule has 17 nitrogen and oxygen atoms in total. The molecule has 510 valence electrons. The van der Waals surface area contributed by atoms with Gasteiger partial charge < -0.3 is 33.8 Å². The molecular formula is C67H130O17P2. The highest BCUT2D eigenvalue weighted by Gasteiger charge is 2.30. The van der Waals surface area contributed by atoms with E-state index in [-0.39, 0.29) is 25.7 Å². The molecule has 0 saturated heterocycles. The predicted octanol–water partition coefficient (Wildman–Crippen LogP) is 18.5. The fraction of sp³-hybridized carbons (Fsp3) is 0.940. The number of unbranched alkanes of at least 4 members (excludes halogenated alkanes) is 29. The van der Waals surface area contributed by atoms with Gasteiger partial charge in [-0.05, 0) is 49.4 Å². The minimum Gasteiger partial charge on any atom is -0.462 e. The van der Waals surface area contributed by atoms with Crippen LogP contribution in [0.2, 0.25) is 0 Å². The minimum absolute atomic E-state index is 0.102. The highest BCUT2D eigenvalue weighted by atomic mass is 31.2. The first-order valence-electron chi connectivity index (χ1n) is 34.7. The number of aliphatic hydroxyl groups excluding tert-OH is 1. The Morgan fingerprint density at radius 2 is 0.558 bits per heavy atom. The Hall–Kier alpha value is -1.94. The lowest BCUT2D eigenvalue weighted by Crippen LogP contribution is -2.30. The van der Waals surface area contributed by atoms with Crippen molar-refractivity contribution >= 4 is 39.5 Å². The maximum Gasteiger partial charge on any atom is 0.472 e. The Labute approximate surface area is 524 Å². The van der Waals surface area contributed by atoms with E-state index in [1.165, 1.54) is 128 Å². The molecule has 86 heavy (non-hydrogen) atoms. The molecule has 0 aliphatic heterocycles. The minimum atomic E-state index is -4.95. The van der Waals surface area contributed by atoms with Gasteiger partial charge in [-0.25, -0.2) is 9.13 Å². The number of phosphoric ester groups is 2. The van der Waals surface area contributed by atoms with Gasteiger partial charge in [0.2, 0.25) is 0 Å². The third kappa shape index (κ3) is 59.7. The van der Waals surface area contributed by atoms with Crippen molar-refractivity contribution in [3.63, 3.8) is 0 Å². The van der Waals surface area contributed by atoms with Gasteiger partial charge in [-0.3, -0.25) is 37.3 Å². The van der Waals surface area contributed by atoms with Gasteiger partial charge in [0.15, 0.2) is 12.2 Å². The summed E-state index contributed by atoms with van der Waals surface area (Å²) >= 11 is 0. The molecule has 0 fully saturated rings. The van der Waals surface area contributed by atoms with Crippen LogP contribution < -0.4 is 0 Å². The Morgan fingerprint density at radius 3 is 0.826 bits per heavy atom. The van der Waals surface area contributed by atoms with Crippen LogP contribution in [-0.2, 0) is 65.4 Å². The molecular weight excluding hydrogens is 1140 g/mol. The van der Waals surface area contributed by atoms with E-state index in [2.05, 4.69) is 55.4 Å². The number of carbonyl (C=O) groups excluding carboxylic acids is 4. The molecule has 0 rings (SSSR count). The highest BCUT2D eigenvalue weighted by molar-refractivity contribution is 7.47. The maximum absolute atomic E-state index is 13.0. The SMILES string of the molecule is CCC(C)CCCCCCCCCCCCC(=O)O[C@H](COC(=O)CCCCCCCCCCC(C)C)COP(=O)(O)OCC(O)COP(=O)(O)OC[C@@H](COC(=O)CCCCCCCCCCC(C)C)OC(=O)CCCCCCCCCC(C)C. The van der Waals surface area contributed by atoms with Gasteiger partial charge in [-0.15, -0.1) is 0 Å². The Balaban J connectivity index is 5.26. The first kappa shape index (κ1) is 84.1. The molecule has 0 aromatic heterocycles. The van der Waals surface area contributed by atoms with Crippen molar-refractivity contribution in [3.05, 3.63) is 0 Å². The third-order valence-electron chi connectivity index (χ3n) is 15.7. The summed E-state index contributed by atoms with van der Waals surface area (Å²) < 4.78 is 68.1. The van der Waals surface area contributed by atoms with E-state index in [9.17, 15) is 43.2 Å². The second kappa shape index (κ2) is 57.0. The van der Waals surface area contributed by atoms with Crippen molar-refractivity contribution in [1.82, 2.24) is 0 Å². The zero-order chi connectivity index (χ0) is 63.9. The van der Waals surface area contributed by atoms with Crippen LogP contribution in [0.25, 0.3) is 0 Å². The number of rotatable bonds is 64. The molecule has 0 radical (unpaired) electrons. The van der Waals surface area contributed by atoms with Crippen LogP contribution >= 0.6 is 15.6 Å². The van der Waals surface area contributed by atoms with Crippen molar-refractivity contribution in [2.75, 3.05) is 39.6 Å². The summed E-state index contributed by atoms with van der Waals surface area (Å²) in [6.45, 7) is 14.0. The smallest absolute Gasteiger partial charge is 0.462 e. The quantitative estimate of drug-likeness (QED) is 0.0222. The van der Waals surface area contributed by atoms with Gasteiger partial charge in [0.1, 0.15) is 19.3 Å². The van der Waals surface area contributed by atoms with Crippen LogP contribution in [0.4, 0.5) is 0 Å². The first-order chi connectivity index (χ1) is 41.1. The second-order valence-corrected chi connectivity index (χ2v) is 28.8. The molecule has 4 unspecified atom stereocenters. The summed E-state index contributed by atoms with van der Waals surface area (Å²) in [5.74, 6) is 0.815. The molecule has 0 aromatic carbocycles. The molecule has 0 amide bonds. The van der Waals surface area contributed by atoms with E-state index in [1.54, 1.807) is 0 Å². The van der Waals surface area contributed by atoms with Crippen LogP contribution in [0, 0.1) is 23.7 Å². The zero-order valence-corrected chi connectivity index (χ0v) is 57.7. The van der Waals surface area contributed by atoms with Crippen LogP contribution in [-0.4, -0.2) is 96.7 Å². The van der Waals surface area contributed by atoms with Crippen LogP contribution in [0.15, 0.2) is 0 Å². The first-order valence-corrected chi connectivity index (χ1v) is 37.7. The van der Waals surface area contributed by atoms with Crippen LogP contribution in [0.5, 0.6) is 0 Å². The summed E-state index contributed by atoms with van der Waals surface area (Å²) in [5, 5.41) is 10.6. The lowest BCUT2D eigenvalue weighted by Gasteiger charge is -2.21. The number of ether oxygens (including phenoxy) is 4. The van der Waals surface area contributed by atoms with Gasteiger partial charge in [-0.2, -0.15) is 0 Å². The maximum atomic E-state index is 13.0. The van der Waals surface area contributed by atoms with E-state index < -0.39 is 97.5 Å². The number of hydrogen-bond acceptors (Lipinski definition) is 15. The van der Waals surface area contributed by atoms with Crippen LogP contribution in [0.1, 0.15) is 325 Å². The van der Waals surface area contributed by atoms with Gasteiger partial charge in [0.25, 0.3) is 0 Å². The van der Waals surface area contributed by atoms with Gasteiger partial charge in [0, 0.05) is 25.7 Å². The summed E-state index contributed by atoms with van der Waals surface area (Å²) in [6.07, 6.45) is 37.6. The van der Waals surface area contributed by atoms with E-state index in [4.69, 9.17) is 37.0 Å². The van der Waals surface area contributed by atoms with Crippen molar-refractivity contribution in [2.45, 2.75) is 343 Å². The van der Waals surface area contributed by atoms with Crippen LogP contribution in [0.3, 0.4) is 0 Å². The zero-order valence-electron chi connectivity index (χ0n) is 55.9. The largest absolute Gasteiger partial charge is 0.472 e. The van der Waals surface area contributed by atoms with Crippen molar-refractivity contribution in [1.29, 1.82) is 0 Å². The van der Waals surface area contributed by atoms with E-state index in [1.807, 2.05) is 0 Å². The Kier molecular flexibility index (Phi) is 55.7. The topological polar surface area (TPSA) is 237 Å². The molecule has 0 bridgehead atoms. The Morgan fingerprint density at radius 1 is 0.326 bits per heavy atom. The molecule has 0 aliphatic carbocycles. The number of aliphatic hydroxyl groups is 1. The number of phosphoric acid groups is 2. The van der Waals surface area contributed by atoms with Gasteiger partial charge >= 0.3 is 39.5 Å². The molecule has 0 aliphatic rings. The summed E-state index contributed by atoms with van der Waals surface area (Å²) in [4.78, 5) is 72.4. The van der Waals surface area contributed by atoms with Gasteiger partial charge in [0.05, 0.1) is 26.4 Å². The van der Waals surface area contributed by atoms with Crippen molar-refractivity contribution in [3.8, 4) is 0 Å². The molecule has 3 N–H and O–H groups in total. The van der Waals surface area contributed by atoms with Crippen molar-refractivity contribution < 1.29 is 80.2 Å². The summed E-state index contributed by atoms with van der Waals surface area (Å²) in [5.41, 5.74) is 0. The summed E-state index contributed by atoms with van der Waals surface area (Å²) in [7, 11) is -9.90. The molecule has 0 spiro atoms. The average Bonchev–Trinajstić information content (AvgIpc) is 3.68. The normalized spacial score (nSPS) is 14.7. The lowest BCUT2D eigenvalue weighted by atomic mass is 9.99. The monoisotopic (exact) mass is 1270 g/mol. The third-order valence-corrected chi connectivity index (χ3v) is 17.6. The molecule has 6 atom stereocenters. The van der Waals surface area contributed by atoms with E-state index >= 15 is 0 Å². The van der Waals surface area contributed by atoms with Gasteiger partial charge in [-0.1, -0.05) is 274 Å². The fourth-order valence-corrected chi connectivity index (χ4v) is 11.5. The molecule has 19 heteroatoms. The number of carbonyl (C=O) groups is 4. The van der Waals surface area contributed by atoms with E-state index in [0.717, 1.165) is 108 Å². The highest BCUT2D eigenvalue weighted by Crippen LogP contribution is 2.45. The standard InChI is InChI=1S/C67H130O17P2/c1-9-60(8)46-38-30-22-12-10-11-13-25-33-41-49-66(71)83-62(53-77-64(69)47-39-31-23-16-14-19-27-35-43-57(2)3)55-81-85(73,74)79-51-61(68)52-80-86(75,76)82-56-63(84-67(72)50-42-34-26-18-21-29-37-45-59(6)7)54-78-65(70)48-40-32-24-17-15-20-28-36-44-58(4)5/h57-63,68H,9-56H2,1-8H3,(H,73,74)(H,75,76)/t60?,61?,62-,63-/m1/s1. The fourth-order valence-electron chi connectivity index (χ4n) is 9.93. The second-order valence-electron chi connectivity index (χ2n) is 25.9. The van der Waals surface area contributed by atoms with Crippen molar-refractivity contribution in [2.24, 2.45) is 23.7 Å². The number of esters is 4. The average molecular weight is 1270 g/mol. The molecule has 0 saturated carbocycles. The Bertz CT molecular complexity index is 1720. The molecule has 0 heterocycles. The predicted molar refractivity (Wildman–Crippen MR) is 344 cm³/mol. The number of hydrogen-bond donors (Lipinski definition) is 3. The molecule has 0 aromatic rings.